The minimum Gasteiger partial charge on any atom is -0.438 e. The molecule has 1 aliphatic heterocycles. The topological polar surface area (TPSA) is 132 Å². The van der Waals surface area contributed by atoms with Crippen LogP contribution in [-0.2, 0) is 18.3 Å². The van der Waals surface area contributed by atoms with Crippen LogP contribution in [0.3, 0.4) is 0 Å². The number of hydrogen-bond acceptors (Lipinski definition) is 7. The number of carbonyl (C=O) groups excluding carboxylic acids is 1. The average molecular weight is 484 g/mol. The monoisotopic (exact) mass is 484 g/mol. The first kappa shape index (κ1) is 21.7. The third kappa shape index (κ3) is 3.52. The number of para-hydroxylation sites is 1. The predicted molar refractivity (Wildman–Crippen MR) is 128 cm³/mol. The van der Waals surface area contributed by atoms with Gasteiger partial charge >= 0.3 is 0 Å². The highest BCUT2D eigenvalue weighted by molar-refractivity contribution is 6.19. The lowest BCUT2D eigenvalue weighted by atomic mass is 10.00. The second-order valence-electron chi connectivity index (χ2n) is 8.47. The van der Waals surface area contributed by atoms with Crippen molar-refractivity contribution < 1.29 is 13.6 Å². The molecule has 1 aliphatic rings. The molecule has 11 heteroatoms. The molecule has 0 aliphatic carbocycles. The van der Waals surface area contributed by atoms with Crippen LogP contribution in [0.5, 0.6) is 0 Å². The molecule has 5 heterocycles. The Kier molecular flexibility index (Phi) is 5.10. The smallest absolute Gasteiger partial charge is 0.258 e. The van der Waals surface area contributed by atoms with Gasteiger partial charge in [0.15, 0.2) is 17.4 Å². The van der Waals surface area contributed by atoms with E-state index in [4.69, 9.17) is 10.2 Å². The summed E-state index contributed by atoms with van der Waals surface area (Å²) >= 11 is 0. The maximum Gasteiger partial charge on any atom is 0.258 e. The molecule has 0 spiro atoms. The van der Waals surface area contributed by atoms with Gasteiger partial charge in [0.25, 0.3) is 5.91 Å². The van der Waals surface area contributed by atoms with Crippen LogP contribution < -0.4 is 5.73 Å². The third-order valence-corrected chi connectivity index (χ3v) is 6.28. The van der Waals surface area contributed by atoms with Crippen molar-refractivity contribution in [1.29, 1.82) is 0 Å². The van der Waals surface area contributed by atoms with Gasteiger partial charge in [-0.2, -0.15) is 5.10 Å². The Morgan fingerprint density at radius 1 is 1.22 bits per heavy atom. The van der Waals surface area contributed by atoms with Crippen molar-refractivity contribution in [3.8, 4) is 11.1 Å². The van der Waals surface area contributed by atoms with Crippen LogP contribution in [0.25, 0.3) is 27.8 Å². The molecule has 0 bridgehead atoms. The number of imidazole rings is 1. The molecule has 1 aromatic carbocycles. The number of aromatic nitrogens is 6. The number of nitrogens with zero attached hydrogens (tertiary/aromatic N) is 6. The van der Waals surface area contributed by atoms with Gasteiger partial charge < -0.3 is 20.0 Å². The van der Waals surface area contributed by atoms with Gasteiger partial charge in [-0.15, -0.1) is 0 Å². The summed E-state index contributed by atoms with van der Waals surface area (Å²) in [5.74, 6) is -0.688. The van der Waals surface area contributed by atoms with Gasteiger partial charge in [0.2, 0.25) is 5.89 Å². The second kappa shape index (κ2) is 8.45. The lowest BCUT2D eigenvalue weighted by molar-refractivity contribution is -0.127. The molecular formula is C25H21FN8O2. The van der Waals surface area contributed by atoms with Gasteiger partial charge in [-0.3, -0.25) is 14.5 Å². The maximum atomic E-state index is 14.4. The van der Waals surface area contributed by atoms with Crippen molar-refractivity contribution in [1.82, 2.24) is 34.6 Å². The molecule has 0 saturated heterocycles. The predicted octanol–water partition coefficient (Wildman–Crippen LogP) is 2.96. The summed E-state index contributed by atoms with van der Waals surface area (Å²) in [6.45, 7) is 0.352. The molecule has 0 fully saturated rings. The summed E-state index contributed by atoms with van der Waals surface area (Å²) < 4.78 is 22.0. The summed E-state index contributed by atoms with van der Waals surface area (Å²) in [7, 11) is 1.84. The number of aromatic amines is 1. The van der Waals surface area contributed by atoms with Crippen LogP contribution in [-0.4, -0.2) is 47.1 Å². The first-order valence-corrected chi connectivity index (χ1v) is 11.3. The minimum atomic E-state index is -0.760. The van der Waals surface area contributed by atoms with E-state index in [-0.39, 0.29) is 22.9 Å². The number of carbonyl (C=O) groups is 1. The first-order chi connectivity index (χ1) is 17.5. The summed E-state index contributed by atoms with van der Waals surface area (Å²) in [6.07, 6.45) is 8.66. The Morgan fingerprint density at radius 3 is 2.83 bits per heavy atom. The van der Waals surface area contributed by atoms with Gasteiger partial charge in [0, 0.05) is 55.4 Å². The van der Waals surface area contributed by atoms with E-state index in [0.29, 0.717) is 29.9 Å². The fourth-order valence-corrected chi connectivity index (χ4v) is 4.51. The van der Waals surface area contributed by atoms with Crippen molar-refractivity contribution in [3.63, 3.8) is 0 Å². The maximum absolute atomic E-state index is 14.4. The normalized spacial score (nSPS) is 15.9. The lowest BCUT2D eigenvalue weighted by Crippen LogP contribution is -2.41. The summed E-state index contributed by atoms with van der Waals surface area (Å²) in [5, 5.41) is 4.18. The van der Waals surface area contributed by atoms with Gasteiger partial charge in [-0.25, -0.2) is 14.4 Å². The number of halogens is 1. The minimum absolute atomic E-state index is 0.102. The summed E-state index contributed by atoms with van der Waals surface area (Å²) in [5.41, 5.74) is 10.2. The molecule has 1 amide bonds. The van der Waals surface area contributed by atoms with Gasteiger partial charge in [0.1, 0.15) is 5.52 Å². The Balaban J connectivity index is 1.37. The Morgan fingerprint density at radius 2 is 2.11 bits per heavy atom. The van der Waals surface area contributed by atoms with E-state index >= 15 is 0 Å². The van der Waals surface area contributed by atoms with E-state index in [9.17, 15) is 9.18 Å². The fraction of sp³-hybridized carbons (Fsp3) is 0.160. The highest BCUT2D eigenvalue weighted by Gasteiger charge is 2.39. The zero-order chi connectivity index (χ0) is 24.8. The SMILES string of the molecule is Cn1cc(-c2ccc(/C(=C\N)C(=O)N3CCc4[nH]cnc4[C@H]3c3nc4c(F)cccc4o3)nc2)cn1. The van der Waals surface area contributed by atoms with Gasteiger partial charge in [-0.05, 0) is 18.2 Å². The number of oxazole rings is 1. The number of nitrogens with two attached hydrogens (primary N) is 1. The molecule has 4 aromatic heterocycles. The molecule has 36 heavy (non-hydrogen) atoms. The van der Waals surface area contributed by atoms with Crippen LogP contribution in [0.15, 0.2) is 65.9 Å². The first-order valence-electron chi connectivity index (χ1n) is 11.3. The number of fused-ring (bicyclic) bond motifs is 2. The van der Waals surface area contributed by atoms with Gasteiger partial charge in [-0.1, -0.05) is 12.1 Å². The van der Waals surface area contributed by atoms with Crippen molar-refractivity contribution in [3.05, 3.63) is 90.2 Å². The van der Waals surface area contributed by atoms with E-state index in [1.54, 1.807) is 46.5 Å². The van der Waals surface area contributed by atoms with E-state index in [1.807, 2.05) is 19.3 Å². The fourth-order valence-electron chi connectivity index (χ4n) is 4.51. The van der Waals surface area contributed by atoms with Crippen LogP contribution in [0.2, 0.25) is 0 Å². The van der Waals surface area contributed by atoms with E-state index in [2.05, 4.69) is 25.0 Å². The largest absolute Gasteiger partial charge is 0.438 e. The van der Waals surface area contributed by atoms with Crippen LogP contribution in [0.1, 0.15) is 29.0 Å². The molecule has 6 rings (SSSR count). The number of hydrogen-bond donors (Lipinski definition) is 2. The molecule has 180 valence electrons. The molecule has 0 radical (unpaired) electrons. The number of nitrogens with one attached hydrogen (secondary N) is 1. The zero-order valence-corrected chi connectivity index (χ0v) is 19.2. The molecule has 3 N–H and O–H groups in total. The molecule has 0 unspecified atom stereocenters. The molecule has 10 nitrogen and oxygen atoms in total. The number of amides is 1. The molecule has 5 aromatic rings. The summed E-state index contributed by atoms with van der Waals surface area (Å²) in [4.78, 5) is 31.8. The lowest BCUT2D eigenvalue weighted by Gasteiger charge is -2.33. The highest BCUT2D eigenvalue weighted by Crippen LogP contribution is 2.36. The number of rotatable bonds is 4. The Labute approximate surface area is 204 Å². The zero-order valence-electron chi connectivity index (χ0n) is 19.2. The molecular weight excluding hydrogens is 463 g/mol. The molecule has 1 atom stereocenters. The highest BCUT2D eigenvalue weighted by atomic mass is 19.1. The molecule has 0 saturated carbocycles. The number of H-pyrrole nitrogens is 1. The van der Waals surface area contributed by atoms with Crippen molar-refractivity contribution >= 4 is 22.6 Å². The van der Waals surface area contributed by atoms with Crippen molar-refractivity contribution in [2.24, 2.45) is 12.8 Å². The van der Waals surface area contributed by atoms with Crippen LogP contribution in [0, 0.1) is 5.82 Å². The van der Waals surface area contributed by atoms with E-state index in [1.165, 1.54) is 12.3 Å². The average Bonchev–Trinajstić information content (AvgIpc) is 3.64. The van der Waals surface area contributed by atoms with E-state index in [0.717, 1.165) is 16.8 Å². The van der Waals surface area contributed by atoms with E-state index < -0.39 is 11.9 Å². The Hall–Kier alpha value is -4.80. The number of aryl methyl sites for hydroxylation is 1. The Bertz CT molecular complexity index is 1610. The van der Waals surface area contributed by atoms with Crippen molar-refractivity contribution in [2.45, 2.75) is 12.5 Å². The third-order valence-electron chi connectivity index (χ3n) is 6.28. The number of pyridine rings is 1. The standard InChI is InChI=1S/C25H21FN8O2/c1-33-12-15(11-31-33)14-5-6-18(28-10-14)16(9-27)25(35)34-8-7-19-22(30-13-29-19)23(34)24-32-21-17(26)3-2-4-20(21)36-24/h2-6,9-13,23H,7-8,27H2,1H3,(H,29,30)/b16-9+/t23-/m0/s1. The van der Waals surface area contributed by atoms with Crippen LogP contribution >= 0.6 is 0 Å². The van der Waals surface area contributed by atoms with Crippen LogP contribution in [0.4, 0.5) is 4.39 Å². The van der Waals surface area contributed by atoms with Gasteiger partial charge in [0.05, 0.1) is 29.5 Å². The second-order valence-corrected chi connectivity index (χ2v) is 8.47. The number of benzene rings is 1. The quantitative estimate of drug-likeness (QED) is 0.375. The van der Waals surface area contributed by atoms with Crippen molar-refractivity contribution in [2.75, 3.05) is 6.54 Å². The summed E-state index contributed by atoms with van der Waals surface area (Å²) in [6, 6.07) is 7.34.